The van der Waals surface area contributed by atoms with Gasteiger partial charge in [0.1, 0.15) is 17.8 Å². The van der Waals surface area contributed by atoms with Crippen LogP contribution in [0.5, 0.6) is 0 Å². The number of pyridine rings is 1. The van der Waals surface area contributed by atoms with Crippen LogP contribution in [0.15, 0.2) is 61.1 Å². The van der Waals surface area contributed by atoms with Gasteiger partial charge in [0.25, 0.3) is 0 Å². The number of rotatable bonds is 4. The third kappa shape index (κ3) is 3.07. The molecule has 4 aromatic rings. The summed E-state index contributed by atoms with van der Waals surface area (Å²) in [6, 6.07) is 14.3. The van der Waals surface area contributed by atoms with Gasteiger partial charge in [0.05, 0.1) is 11.6 Å². The Morgan fingerprint density at radius 1 is 0.964 bits per heavy atom. The summed E-state index contributed by atoms with van der Waals surface area (Å²) in [5, 5.41) is 3.72. The average Bonchev–Trinajstić information content (AvgIpc) is 2.71. The average molecular weight is 374 g/mol. The SMILES string of the molecule is C[C@@H](Nc1ncnc(N)c1N)c1cnc2cccc(F)c2c1-c1ccccc1. The molecule has 2 heterocycles. The fraction of sp³-hybridized carbons (Fsp3) is 0.0952. The van der Waals surface area contributed by atoms with Crippen LogP contribution in [-0.4, -0.2) is 15.0 Å². The lowest BCUT2D eigenvalue weighted by atomic mass is 9.93. The van der Waals surface area contributed by atoms with Gasteiger partial charge in [0.15, 0.2) is 11.6 Å². The van der Waals surface area contributed by atoms with Crippen molar-refractivity contribution >= 4 is 28.2 Å². The highest BCUT2D eigenvalue weighted by Crippen LogP contribution is 2.37. The van der Waals surface area contributed by atoms with Crippen LogP contribution in [0.1, 0.15) is 18.5 Å². The number of nitrogen functional groups attached to an aromatic ring is 2. The first-order valence-corrected chi connectivity index (χ1v) is 8.81. The Morgan fingerprint density at radius 2 is 1.75 bits per heavy atom. The van der Waals surface area contributed by atoms with Gasteiger partial charge in [-0.05, 0) is 24.6 Å². The molecule has 28 heavy (non-hydrogen) atoms. The van der Waals surface area contributed by atoms with Crippen LogP contribution in [0.3, 0.4) is 0 Å². The molecule has 0 fully saturated rings. The molecular formula is C21H19FN6. The van der Waals surface area contributed by atoms with Crippen LogP contribution in [0.4, 0.5) is 21.7 Å². The minimum absolute atomic E-state index is 0.204. The molecule has 5 N–H and O–H groups in total. The molecule has 4 rings (SSSR count). The molecule has 140 valence electrons. The van der Waals surface area contributed by atoms with E-state index in [4.69, 9.17) is 11.5 Å². The second kappa shape index (κ2) is 7.11. The molecule has 2 aromatic carbocycles. The number of benzene rings is 2. The molecule has 0 radical (unpaired) electrons. The predicted molar refractivity (Wildman–Crippen MR) is 110 cm³/mol. The smallest absolute Gasteiger partial charge is 0.155 e. The maximum Gasteiger partial charge on any atom is 0.155 e. The van der Waals surface area contributed by atoms with Crippen molar-refractivity contribution in [3.63, 3.8) is 0 Å². The fourth-order valence-corrected chi connectivity index (χ4v) is 3.27. The van der Waals surface area contributed by atoms with Crippen molar-refractivity contribution in [1.82, 2.24) is 15.0 Å². The molecule has 0 saturated heterocycles. The van der Waals surface area contributed by atoms with E-state index >= 15 is 0 Å². The highest BCUT2D eigenvalue weighted by molar-refractivity contribution is 5.96. The Morgan fingerprint density at radius 3 is 2.54 bits per heavy atom. The first kappa shape index (κ1) is 17.7. The molecule has 0 saturated carbocycles. The molecule has 0 aliphatic carbocycles. The van der Waals surface area contributed by atoms with Gasteiger partial charge in [-0.2, -0.15) is 0 Å². The molecule has 2 aromatic heterocycles. The van der Waals surface area contributed by atoms with Gasteiger partial charge in [-0.3, -0.25) is 4.98 Å². The van der Waals surface area contributed by atoms with Crippen LogP contribution < -0.4 is 16.8 Å². The number of aromatic nitrogens is 3. The van der Waals surface area contributed by atoms with Crippen molar-refractivity contribution in [2.75, 3.05) is 16.8 Å². The van der Waals surface area contributed by atoms with E-state index in [1.807, 2.05) is 37.3 Å². The Kier molecular flexibility index (Phi) is 4.49. The molecule has 0 aliphatic rings. The Bertz CT molecular complexity index is 1150. The van der Waals surface area contributed by atoms with Gasteiger partial charge in [-0.15, -0.1) is 0 Å². The van der Waals surface area contributed by atoms with E-state index in [2.05, 4.69) is 20.3 Å². The maximum absolute atomic E-state index is 14.8. The molecule has 0 unspecified atom stereocenters. The van der Waals surface area contributed by atoms with Crippen LogP contribution in [0, 0.1) is 5.82 Å². The summed E-state index contributed by atoms with van der Waals surface area (Å²) in [5.41, 5.74) is 15.1. The minimum Gasteiger partial charge on any atom is -0.393 e. The summed E-state index contributed by atoms with van der Waals surface area (Å²) in [4.78, 5) is 12.5. The molecular weight excluding hydrogens is 355 g/mol. The van der Waals surface area contributed by atoms with Crippen molar-refractivity contribution in [2.24, 2.45) is 0 Å². The van der Waals surface area contributed by atoms with Crippen molar-refractivity contribution in [1.29, 1.82) is 0 Å². The molecule has 0 aliphatic heterocycles. The number of halogens is 1. The first-order chi connectivity index (χ1) is 13.6. The minimum atomic E-state index is -0.316. The first-order valence-electron chi connectivity index (χ1n) is 8.81. The van der Waals surface area contributed by atoms with Gasteiger partial charge in [0.2, 0.25) is 0 Å². The Labute approximate surface area is 161 Å². The van der Waals surface area contributed by atoms with E-state index < -0.39 is 0 Å². The lowest BCUT2D eigenvalue weighted by Crippen LogP contribution is -2.13. The van der Waals surface area contributed by atoms with Crippen molar-refractivity contribution in [3.8, 4) is 11.1 Å². The molecule has 0 bridgehead atoms. The van der Waals surface area contributed by atoms with E-state index in [9.17, 15) is 4.39 Å². The van der Waals surface area contributed by atoms with Crippen molar-refractivity contribution < 1.29 is 4.39 Å². The number of nitrogens with zero attached hydrogens (tertiary/aromatic N) is 3. The van der Waals surface area contributed by atoms with E-state index in [0.29, 0.717) is 16.7 Å². The summed E-state index contributed by atoms with van der Waals surface area (Å²) >= 11 is 0. The third-order valence-corrected chi connectivity index (χ3v) is 4.67. The third-order valence-electron chi connectivity index (χ3n) is 4.67. The number of fused-ring (bicyclic) bond motifs is 1. The second-order valence-corrected chi connectivity index (χ2v) is 6.48. The number of hydrogen-bond donors (Lipinski definition) is 3. The zero-order valence-electron chi connectivity index (χ0n) is 15.2. The number of nitrogens with one attached hydrogen (secondary N) is 1. The lowest BCUT2D eigenvalue weighted by Gasteiger charge is -2.21. The summed E-state index contributed by atoms with van der Waals surface area (Å²) < 4.78 is 14.8. The highest BCUT2D eigenvalue weighted by atomic mass is 19.1. The van der Waals surface area contributed by atoms with Crippen molar-refractivity contribution in [2.45, 2.75) is 13.0 Å². The maximum atomic E-state index is 14.8. The van der Waals surface area contributed by atoms with E-state index in [1.54, 1.807) is 18.3 Å². The molecule has 0 amide bonds. The quantitative estimate of drug-likeness (QED) is 0.495. The van der Waals surface area contributed by atoms with Crippen molar-refractivity contribution in [3.05, 3.63) is 72.4 Å². The summed E-state index contributed by atoms with van der Waals surface area (Å²) in [5.74, 6) is 0.312. The second-order valence-electron chi connectivity index (χ2n) is 6.48. The van der Waals surface area contributed by atoms with Crippen LogP contribution in [-0.2, 0) is 0 Å². The van der Waals surface area contributed by atoms with Gasteiger partial charge in [-0.25, -0.2) is 14.4 Å². The molecule has 7 heteroatoms. The normalized spacial score (nSPS) is 12.1. The van der Waals surface area contributed by atoms with Gasteiger partial charge < -0.3 is 16.8 Å². The Balaban J connectivity index is 1.89. The van der Waals surface area contributed by atoms with Crippen LogP contribution >= 0.6 is 0 Å². The van der Waals surface area contributed by atoms with Gasteiger partial charge in [0, 0.05) is 22.7 Å². The van der Waals surface area contributed by atoms with Crippen LogP contribution in [0.25, 0.3) is 22.0 Å². The lowest BCUT2D eigenvalue weighted by molar-refractivity contribution is 0.639. The molecule has 1 atom stereocenters. The summed E-state index contributed by atoms with van der Waals surface area (Å²) in [7, 11) is 0. The Hall–Kier alpha value is -3.74. The molecule has 6 nitrogen and oxygen atoms in total. The van der Waals surface area contributed by atoms with Gasteiger partial charge in [-0.1, -0.05) is 36.4 Å². The summed E-state index contributed by atoms with van der Waals surface area (Å²) in [6.07, 6.45) is 3.10. The number of anilines is 3. The number of nitrogens with two attached hydrogens (primary N) is 2. The predicted octanol–water partition coefficient (Wildman–Crippen LogP) is 4.17. The summed E-state index contributed by atoms with van der Waals surface area (Å²) in [6.45, 7) is 1.94. The zero-order chi connectivity index (χ0) is 19.7. The molecule has 0 spiro atoms. The van der Waals surface area contributed by atoms with E-state index in [0.717, 1.165) is 16.7 Å². The monoisotopic (exact) mass is 374 g/mol. The van der Waals surface area contributed by atoms with E-state index in [-0.39, 0.29) is 23.4 Å². The fourth-order valence-electron chi connectivity index (χ4n) is 3.27. The van der Waals surface area contributed by atoms with Gasteiger partial charge >= 0.3 is 0 Å². The topological polar surface area (TPSA) is 103 Å². The highest BCUT2D eigenvalue weighted by Gasteiger charge is 2.19. The van der Waals surface area contributed by atoms with E-state index in [1.165, 1.54) is 12.4 Å². The standard InChI is InChI=1S/C21H19FN6/c1-12(28-21-19(23)20(24)26-11-27-21)14-10-25-16-9-5-8-15(22)18(16)17(14)13-6-3-2-4-7-13/h2-12H,23H2,1H3,(H3,24,26,27,28)/t12-/m1/s1. The largest absolute Gasteiger partial charge is 0.393 e. The number of hydrogen-bond acceptors (Lipinski definition) is 6. The van der Waals surface area contributed by atoms with Crippen LogP contribution in [0.2, 0.25) is 0 Å². The zero-order valence-corrected chi connectivity index (χ0v) is 15.2.